The van der Waals surface area contributed by atoms with Crippen LogP contribution in [0.5, 0.6) is 5.75 Å². The molecule has 0 amide bonds. The third-order valence-electron chi connectivity index (χ3n) is 2.61. The number of carbonyl (C=O) groups is 1. The maximum atomic E-state index is 11.5. The summed E-state index contributed by atoms with van der Waals surface area (Å²) in [6.07, 6.45) is 1.66. The van der Waals surface area contributed by atoms with Crippen LogP contribution in [0.15, 0.2) is 24.3 Å². The lowest BCUT2D eigenvalue weighted by Crippen LogP contribution is -2.28. The molecule has 0 radical (unpaired) electrons. The summed E-state index contributed by atoms with van der Waals surface area (Å²) < 4.78 is 10.2. The molecule has 19 heavy (non-hydrogen) atoms. The first kappa shape index (κ1) is 14.9. The maximum absolute atomic E-state index is 11.5. The number of nitrogens with zero attached hydrogens (tertiary/aromatic N) is 1. The number of carbonyl (C=O) groups excluding carboxylic acids is 1. The Balaban J connectivity index is 2.72. The molecule has 6 heteroatoms. The molecule has 1 rings (SSSR count). The Hall–Kier alpha value is -2.11. The van der Waals surface area contributed by atoms with Gasteiger partial charge < -0.3 is 9.47 Å². The van der Waals surface area contributed by atoms with Crippen molar-refractivity contribution in [3.63, 3.8) is 0 Å². The van der Waals surface area contributed by atoms with Crippen LogP contribution in [0.2, 0.25) is 0 Å². The molecule has 104 valence electrons. The fraction of sp³-hybridized carbons (Fsp3) is 0.462. The molecular formula is C13H17NO5. The van der Waals surface area contributed by atoms with Crippen molar-refractivity contribution >= 4 is 11.7 Å². The van der Waals surface area contributed by atoms with Gasteiger partial charge in [0.1, 0.15) is 5.75 Å². The number of unbranched alkanes of at least 4 members (excludes halogenated alkanes) is 1. The summed E-state index contributed by atoms with van der Waals surface area (Å²) in [7, 11) is 1.31. The van der Waals surface area contributed by atoms with Gasteiger partial charge in [0.15, 0.2) is 6.10 Å². The number of benzene rings is 1. The number of nitro benzene ring substituents is 1. The monoisotopic (exact) mass is 267 g/mol. The lowest BCUT2D eigenvalue weighted by atomic mass is 10.1. The van der Waals surface area contributed by atoms with E-state index in [1.165, 1.54) is 31.4 Å². The Morgan fingerprint density at radius 3 is 2.47 bits per heavy atom. The third kappa shape index (κ3) is 4.57. The fourth-order valence-corrected chi connectivity index (χ4v) is 1.56. The van der Waals surface area contributed by atoms with Crippen LogP contribution in [-0.2, 0) is 9.53 Å². The summed E-state index contributed by atoms with van der Waals surface area (Å²) in [5.74, 6) is -0.0242. The fourth-order valence-electron chi connectivity index (χ4n) is 1.56. The summed E-state index contributed by atoms with van der Waals surface area (Å²) >= 11 is 0. The van der Waals surface area contributed by atoms with E-state index in [0.29, 0.717) is 12.2 Å². The van der Waals surface area contributed by atoms with Crippen LogP contribution < -0.4 is 4.74 Å². The Morgan fingerprint density at radius 2 is 2.00 bits per heavy atom. The van der Waals surface area contributed by atoms with E-state index < -0.39 is 17.0 Å². The van der Waals surface area contributed by atoms with Crippen LogP contribution >= 0.6 is 0 Å². The molecule has 0 saturated carbocycles. The summed E-state index contributed by atoms with van der Waals surface area (Å²) in [6.45, 7) is 2.01. The van der Waals surface area contributed by atoms with Crippen molar-refractivity contribution in [1.82, 2.24) is 0 Å². The van der Waals surface area contributed by atoms with Crippen LogP contribution in [-0.4, -0.2) is 24.1 Å². The molecule has 0 aliphatic heterocycles. The van der Waals surface area contributed by atoms with Crippen molar-refractivity contribution < 1.29 is 19.2 Å². The summed E-state index contributed by atoms with van der Waals surface area (Å²) in [4.78, 5) is 21.6. The van der Waals surface area contributed by atoms with E-state index >= 15 is 0 Å². The molecular weight excluding hydrogens is 250 g/mol. The highest BCUT2D eigenvalue weighted by Gasteiger charge is 2.20. The van der Waals surface area contributed by atoms with Gasteiger partial charge in [-0.05, 0) is 25.0 Å². The zero-order valence-corrected chi connectivity index (χ0v) is 11.0. The topological polar surface area (TPSA) is 78.7 Å². The van der Waals surface area contributed by atoms with Crippen LogP contribution in [0.3, 0.4) is 0 Å². The van der Waals surface area contributed by atoms with E-state index in [1.807, 2.05) is 6.92 Å². The van der Waals surface area contributed by atoms with Crippen molar-refractivity contribution in [2.24, 2.45) is 0 Å². The maximum Gasteiger partial charge on any atom is 0.347 e. The molecule has 0 heterocycles. The second-order valence-electron chi connectivity index (χ2n) is 4.02. The standard InChI is InChI=1S/C13H17NO5/c1-3-4-5-12(13(15)18-2)19-11-8-6-10(7-9-11)14(16)17/h6-9,12H,3-5H2,1-2H3. The first-order chi connectivity index (χ1) is 9.08. The Morgan fingerprint density at radius 1 is 1.37 bits per heavy atom. The van der Waals surface area contributed by atoms with E-state index in [4.69, 9.17) is 4.74 Å². The molecule has 0 aliphatic carbocycles. The van der Waals surface area contributed by atoms with Gasteiger partial charge in [-0.15, -0.1) is 0 Å². The van der Waals surface area contributed by atoms with Gasteiger partial charge in [-0.2, -0.15) is 0 Å². The van der Waals surface area contributed by atoms with Crippen molar-refractivity contribution in [2.75, 3.05) is 7.11 Å². The van der Waals surface area contributed by atoms with Gasteiger partial charge >= 0.3 is 5.97 Å². The second kappa shape index (κ2) is 7.35. The molecule has 6 nitrogen and oxygen atoms in total. The number of non-ortho nitro benzene ring substituents is 1. The molecule has 1 aromatic carbocycles. The van der Waals surface area contributed by atoms with Crippen LogP contribution in [0, 0.1) is 10.1 Å². The normalized spacial score (nSPS) is 11.7. The molecule has 0 saturated heterocycles. The smallest absolute Gasteiger partial charge is 0.347 e. The summed E-state index contributed by atoms with van der Waals surface area (Å²) in [5, 5.41) is 10.5. The molecule has 0 fully saturated rings. The van der Waals surface area contributed by atoms with Crippen molar-refractivity contribution in [2.45, 2.75) is 32.3 Å². The molecule has 0 bridgehead atoms. The lowest BCUT2D eigenvalue weighted by molar-refractivity contribution is -0.384. The highest BCUT2D eigenvalue weighted by molar-refractivity contribution is 5.74. The van der Waals surface area contributed by atoms with Crippen molar-refractivity contribution in [1.29, 1.82) is 0 Å². The molecule has 0 spiro atoms. The van der Waals surface area contributed by atoms with Gasteiger partial charge in [-0.1, -0.05) is 13.3 Å². The number of esters is 1. The molecule has 0 aromatic heterocycles. The van der Waals surface area contributed by atoms with E-state index in [-0.39, 0.29) is 5.69 Å². The van der Waals surface area contributed by atoms with Gasteiger partial charge in [-0.25, -0.2) is 4.79 Å². The number of hydrogen-bond acceptors (Lipinski definition) is 5. The van der Waals surface area contributed by atoms with Gasteiger partial charge in [0, 0.05) is 12.1 Å². The van der Waals surface area contributed by atoms with Crippen LogP contribution in [0.1, 0.15) is 26.2 Å². The highest BCUT2D eigenvalue weighted by atomic mass is 16.6. The minimum absolute atomic E-state index is 0.0180. The first-order valence-electron chi connectivity index (χ1n) is 6.07. The summed E-state index contributed by atoms with van der Waals surface area (Å²) in [5.41, 5.74) is -0.0180. The second-order valence-corrected chi connectivity index (χ2v) is 4.02. The first-order valence-corrected chi connectivity index (χ1v) is 6.07. The lowest BCUT2D eigenvalue weighted by Gasteiger charge is -2.16. The minimum Gasteiger partial charge on any atom is -0.479 e. The quantitative estimate of drug-likeness (QED) is 0.431. The van der Waals surface area contributed by atoms with Crippen molar-refractivity contribution in [3.8, 4) is 5.75 Å². The predicted octanol–water partition coefficient (Wildman–Crippen LogP) is 2.71. The zero-order chi connectivity index (χ0) is 14.3. The van der Waals surface area contributed by atoms with Gasteiger partial charge in [0.05, 0.1) is 12.0 Å². The van der Waals surface area contributed by atoms with E-state index in [2.05, 4.69) is 4.74 Å². The molecule has 1 unspecified atom stereocenters. The number of nitro groups is 1. The average Bonchev–Trinajstić information content (AvgIpc) is 2.43. The SMILES string of the molecule is CCCCC(Oc1ccc([N+](=O)[O-])cc1)C(=O)OC. The van der Waals surface area contributed by atoms with Crippen LogP contribution in [0.4, 0.5) is 5.69 Å². The van der Waals surface area contributed by atoms with Crippen LogP contribution in [0.25, 0.3) is 0 Å². The molecule has 1 atom stereocenters. The van der Waals surface area contributed by atoms with Gasteiger partial charge in [-0.3, -0.25) is 10.1 Å². The van der Waals surface area contributed by atoms with Gasteiger partial charge in [0.25, 0.3) is 5.69 Å². The van der Waals surface area contributed by atoms with Gasteiger partial charge in [0.2, 0.25) is 0 Å². The number of methoxy groups -OCH3 is 1. The Kier molecular flexibility index (Phi) is 5.78. The van der Waals surface area contributed by atoms with Crippen molar-refractivity contribution in [3.05, 3.63) is 34.4 Å². The third-order valence-corrected chi connectivity index (χ3v) is 2.61. The average molecular weight is 267 g/mol. The van der Waals surface area contributed by atoms with E-state index in [9.17, 15) is 14.9 Å². The zero-order valence-electron chi connectivity index (χ0n) is 11.0. The minimum atomic E-state index is -0.675. The molecule has 0 aliphatic rings. The Bertz CT molecular complexity index is 429. The number of ether oxygens (including phenoxy) is 2. The van der Waals surface area contributed by atoms with E-state index in [0.717, 1.165) is 12.8 Å². The number of hydrogen-bond donors (Lipinski definition) is 0. The highest BCUT2D eigenvalue weighted by Crippen LogP contribution is 2.20. The Labute approximate surface area is 111 Å². The largest absolute Gasteiger partial charge is 0.479 e. The predicted molar refractivity (Wildman–Crippen MR) is 69.1 cm³/mol. The molecule has 1 aromatic rings. The summed E-state index contributed by atoms with van der Waals surface area (Å²) in [6, 6.07) is 5.62. The number of rotatable bonds is 7. The van der Waals surface area contributed by atoms with E-state index in [1.54, 1.807) is 0 Å². The molecule has 0 N–H and O–H groups in total.